The average Bonchev–Trinajstić information content (AvgIpc) is 2.67. The maximum atomic E-state index is 3.53. The first-order valence-corrected chi connectivity index (χ1v) is 6.56. The fourth-order valence-corrected chi connectivity index (χ4v) is 3.60. The van der Waals surface area contributed by atoms with E-state index in [0.29, 0.717) is 0 Å². The molecule has 2 heteroatoms. The predicted octanol–water partition coefficient (Wildman–Crippen LogP) is 1.96. The Kier molecular flexibility index (Phi) is 3.36. The minimum absolute atomic E-state index is 0.769. The van der Waals surface area contributed by atoms with Crippen LogP contribution in [0.1, 0.15) is 34.1 Å². The van der Waals surface area contributed by atoms with Crippen LogP contribution in [0.3, 0.4) is 0 Å². The number of rotatable bonds is 3. The van der Waals surface area contributed by atoms with Crippen LogP contribution in [0.25, 0.3) is 0 Å². The Bertz CT molecular complexity index is 215. The average molecular weight is 210 g/mol. The monoisotopic (exact) mass is 210 g/mol. The third-order valence-electron chi connectivity index (χ3n) is 4.36. The van der Waals surface area contributed by atoms with E-state index < -0.39 is 0 Å². The summed E-state index contributed by atoms with van der Waals surface area (Å²) >= 11 is 0. The maximum Gasteiger partial charge on any atom is 0.0114 e. The first-order chi connectivity index (χ1) is 7.09. The molecule has 2 rings (SSSR count). The van der Waals surface area contributed by atoms with Gasteiger partial charge in [0.1, 0.15) is 0 Å². The van der Waals surface area contributed by atoms with Gasteiger partial charge in [0.05, 0.1) is 0 Å². The van der Waals surface area contributed by atoms with Gasteiger partial charge in [0.15, 0.2) is 0 Å². The Labute approximate surface area is 94.4 Å². The first-order valence-electron chi connectivity index (χ1n) is 6.56. The van der Waals surface area contributed by atoms with Crippen LogP contribution in [-0.4, -0.2) is 36.6 Å². The number of nitrogens with zero attached hydrogens (tertiary/aromatic N) is 1. The van der Waals surface area contributed by atoms with Gasteiger partial charge in [-0.25, -0.2) is 0 Å². The molecule has 2 nitrogen and oxygen atoms in total. The van der Waals surface area contributed by atoms with Crippen molar-refractivity contribution in [2.75, 3.05) is 19.6 Å². The van der Waals surface area contributed by atoms with Crippen LogP contribution in [0.15, 0.2) is 0 Å². The highest BCUT2D eigenvalue weighted by atomic mass is 15.2. The number of likely N-dealkylation sites (tertiary alicyclic amines) is 1. The summed E-state index contributed by atoms with van der Waals surface area (Å²) in [6.07, 6.45) is 1.34. The van der Waals surface area contributed by atoms with Gasteiger partial charge in [-0.2, -0.15) is 0 Å². The van der Waals surface area contributed by atoms with Crippen molar-refractivity contribution in [3.05, 3.63) is 0 Å². The van der Waals surface area contributed by atoms with Gasteiger partial charge in [0, 0.05) is 18.6 Å². The van der Waals surface area contributed by atoms with E-state index in [0.717, 1.165) is 29.8 Å². The van der Waals surface area contributed by atoms with Crippen LogP contribution in [0.4, 0.5) is 0 Å². The summed E-state index contributed by atoms with van der Waals surface area (Å²) in [6, 6.07) is 1.56. The molecule has 4 unspecified atom stereocenters. The number of fused-ring (bicyclic) bond motifs is 1. The summed E-state index contributed by atoms with van der Waals surface area (Å²) in [5, 5.41) is 3.53. The van der Waals surface area contributed by atoms with E-state index in [1.807, 2.05) is 0 Å². The normalized spacial score (nSPS) is 38.6. The largest absolute Gasteiger partial charge is 0.316 e. The molecule has 0 bridgehead atoms. The minimum atomic E-state index is 0.769. The highest BCUT2D eigenvalue weighted by molar-refractivity contribution is 4.98. The van der Waals surface area contributed by atoms with Gasteiger partial charge in [-0.1, -0.05) is 13.8 Å². The standard InChI is InChI=1S/C13H26N2/c1-9(2)5-10(3)15-8-12-6-14-7-13(12)11(15)4/h9-14H,5-8H2,1-4H3. The molecule has 4 atom stereocenters. The summed E-state index contributed by atoms with van der Waals surface area (Å²) in [5.41, 5.74) is 0. The lowest BCUT2D eigenvalue weighted by atomic mass is 9.95. The second-order valence-corrected chi connectivity index (χ2v) is 6.00. The highest BCUT2D eigenvalue weighted by Crippen LogP contribution is 2.34. The molecule has 2 heterocycles. The van der Waals surface area contributed by atoms with E-state index in [9.17, 15) is 0 Å². The van der Waals surface area contributed by atoms with E-state index >= 15 is 0 Å². The zero-order valence-electron chi connectivity index (χ0n) is 10.7. The van der Waals surface area contributed by atoms with Crippen molar-refractivity contribution >= 4 is 0 Å². The molecule has 0 aromatic rings. The number of hydrogen-bond acceptors (Lipinski definition) is 2. The lowest BCUT2D eigenvalue weighted by molar-refractivity contribution is 0.162. The molecule has 0 aromatic carbocycles. The van der Waals surface area contributed by atoms with Crippen LogP contribution < -0.4 is 5.32 Å². The predicted molar refractivity (Wildman–Crippen MR) is 64.9 cm³/mol. The van der Waals surface area contributed by atoms with Crippen molar-refractivity contribution in [1.82, 2.24) is 10.2 Å². The molecular formula is C13H26N2. The molecule has 2 saturated heterocycles. The fraction of sp³-hybridized carbons (Fsp3) is 1.00. The molecular weight excluding hydrogens is 184 g/mol. The van der Waals surface area contributed by atoms with E-state index in [-0.39, 0.29) is 0 Å². The van der Waals surface area contributed by atoms with Gasteiger partial charge in [0.2, 0.25) is 0 Å². The molecule has 2 fully saturated rings. The molecule has 0 saturated carbocycles. The molecule has 0 amide bonds. The fourth-order valence-electron chi connectivity index (χ4n) is 3.60. The van der Waals surface area contributed by atoms with Crippen molar-refractivity contribution in [1.29, 1.82) is 0 Å². The van der Waals surface area contributed by atoms with Crippen molar-refractivity contribution in [3.63, 3.8) is 0 Å². The van der Waals surface area contributed by atoms with Crippen LogP contribution in [0.5, 0.6) is 0 Å². The molecule has 15 heavy (non-hydrogen) atoms. The quantitative estimate of drug-likeness (QED) is 0.766. The molecule has 0 aliphatic carbocycles. The maximum absolute atomic E-state index is 3.53. The van der Waals surface area contributed by atoms with Crippen molar-refractivity contribution in [3.8, 4) is 0 Å². The molecule has 0 aromatic heterocycles. The Morgan fingerprint density at radius 2 is 2.00 bits per heavy atom. The zero-order chi connectivity index (χ0) is 11.0. The summed E-state index contributed by atoms with van der Waals surface area (Å²) in [4.78, 5) is 2.75. The Hall–Kier alpha value is -0.0800. The van der Waals surface area contributed by atoms with E-state index in [1.165, 1.54) is 26.1 Å². The third kappa shape index (κ3) is 2.21. The molecule has 2 aliphatic rings. The SMILES string of the molecule is CC(C)CC(C)N1CC2CNCC2C1C. The third-order valence-corrected chi connectivity index (χ3v) is 4.36. The molecule has 0 spiro atoms. The Morgan fingerprint density at radius 1 is 1.27 bits per heavy atom. The van der Waals surface area contributed by atoms with Gasteiger partial charge in [0.25, 0.3) is 0 Å². The van der Waals surface area contributed by atoms with E-state index in [2.05, 4.69) is 37.9 Å². The number of hydrogen-bond donors (Lipinski definition) is 1. The van der Waals surface area contributed by atoms with Crippen molar-refractivity contribution in [2.24, 2.45) is 17.8 Å². The van der Waals surface area contributed by atoms with Crippen LogP contribution >= 0.6 is 0 Å². The zero-order valence-corrected chi connectivity index (χ0v) is 10.7. The van der Waals surface area contributed by atoms with Gasteiger partial charge in [-0.05, 0) is 51.1 Å². The summed E-state index contributed by atoms with van der Waals surface area (Å²) in [5.74, 6) is 2.67. The van der Waals surface area contributed by atoms with Gasteiger partial charge >= 0.3 is 0 Å². The molecule has 1 N–H and O–H groups in total. The lowest BCUT2D eigenvalue weighted by Gasteiger charge is -2.31. The van der Waals surface area contributed by atoms with Gasteiger partial charge in [-0.15, -0.1) is 0 Å². The van der Waals surface area contributed by atoms with Gasteiger partial charge in [-0.3, -0.25) is 4.90 Å². The van der Waals surface area contributed by atoms with Crippen molar-refractivity contribution < 1.29 is 0 Å². The topological polar surface area (TPSA) is 15.3 Å². The second kappa shape index (κ2) is 4.42. The molecule has 88 valence electrons. The van der Waals surface area contributed by atoms with Gasteiger partial charge < -0.3 is 5.32 Å². The number of nitrogens with one attached hydrogen (secondary N) is 1. The second-order valence-electron chi connectivity index (χ2n) is 6.00. The molecule has 2 aliphatic heterocycles. The first kappa shape index (κ1) is 11.4. The summed E-state index contributed by atoms with van der Waals surface area (Å²) in [7, 11) is 0. The minimum Gasteiger partial charge on any atom is -0.316 e. The summed E-state index contributed by atoms with van der Waals surface area (Å²) in [6.45, 7) is 13.3. The van der Waals surface area contributed by atoms with Crippen LogP contribution in [0, 0.1) is 17.8 Å². The Balaban J connectivity index is 1.94. The highest BCUT2D eigenvalue weighted by Gasteiger charge is 2.42. The lowest BCUT2D eigenvalue weighted by Crippen LogP contribution is -2.40. The van der Waals surface area contributed by atoms with E-state index in [4.69, 9.17) is 0 Å². The molecule has 0 radical (unpaired) electrons. The Morgan fingerprint density at radius 3 is 2.60 bits per heavy atom. The van der Waals surface area contributed by atoms with Crippen molar-refractivity contribution in [2.45, 2.75) is 46.2 Å². The summed E-state index contributed by atoms with van der Waals surface area (Å²) < 4.78 is 0. The van der Waals surface area contributed by atoms with Crippen LogP contribution in [-0.2, 0) is 0 Å². The van der Waals surface area contributed by atoms with E-state index in [1.54, 1.807) is 0 Å². The van der Waals surface area contributed by atoms with Crippen LogP contribution in [0.2, 0.25) is 0 Å². The smallest absolute Gasteiger partial charge is 0.0114 e.